The van der Waals surface area contributed by atoms with Crippen molar-refractivity contribution in [2.24, 2.45) is 0 Å². The van der Waals surface area contributed by atoms with Crippen molar-refractivity contribution in [1.29, 1.82) is 5.26 Å². The van der Waals surface area contributed by atoms with Gasteiger partial charge in [-0.05, 0) is 24.3 Å². The molecular weight excluding hydrogens is 256 g/mol. The van der Waals surface area contributed by atoms with Crippen LogP contribution in [0.25, 0.3) is 0 Å². The number of amides is 1. The SMILES string of the molecule is CN(C(=O)c1cccc(O)c1O)c1ccccc1C#N. The number of phenols is 2. The quantitative estimate of drug-likeness (QED) is 0.818. The second-order valence-corrected chi connectivity index (χ2v) is 4.17. The smallest absolute Gasteiger partial charge is 0.261 e. The van der Waals surface area contributed by atoms with Crippen LogP contribution in [0.4, 0.5) is 5.69 Å². The number of carbonyl (C=O) groups excluding carboxylic acids is 1. The number of phenolic OH excluding ortho intramolecular Hbond substituents is 2. The van der Waals surface area contributed by atoms with E-state index in [0.717, 1.165) is 0 Å². The van der Waals surface area contributed by atoms with E-state index in [9.17, 15) is 15.0 Å². The van der Waals surface area contributed by atoms with Gasteiger partial charge in [0.1, 0.15) is 6.07 Å². The summed E-state index contributed by atoms with van der Waals surface area (Å²) in [5.41, 5.74) is 0.756. The maximum Gasteiger partial charge on any atom is 0.261 e. The molecular formula is C15H12N2O3. The number of aromatic hydroxyl groups is 2. The van der Waals surface area contributed by atoms with Gasteiger partial charge in [0.25, 0.3) is 5.91 Å². The summed E-state index contributed by atoms with van der Waals surface area (Å²) in [6.45, 7) is 0. The average Bonchev–Trinajstić information content (AvgIpc) is 2.48. The lowest BCUT2D eigenvalue weighted by Crippen LogP contribution is -2.27. The van der Waals surface area contributed by atoms with Crippen LogP contribution in [0.15, 0.2) is 42.5 Å². The molecule has 2 aromatic carbocycles. The van der Waals surface area contributed by atoms with Crippen LogP contribution in [0.1, 0.15) is 15.9 Å². The van der Waals surface area contributed by atoms with Gasteiger partial charge < -0.3 is 15.1 Å². The molecule has 0 heterocycles. The Morgan fingerprint density at radius 3 is 2.55 bits per heavy atom. The highest BCUT2D eigenvalue weighted by atomic mass is 16.3. The van der Waals surface area contributed by atoms with Crippen molar-refractivity contribution < 1.29 is 15.0 Å². The highest BCUT2D eigenvalue weighted by Crippen LogP contribution is 2.30. The van der Waals surface area contributed by atoms with E-state index in [4.69, 9.17) is 5.26 Å². The first-order chi connectivity index (χ1) is 9.56. The Hall–Kier alpha value is -3.00. The number of anilines is 1. The molecule has 0 aromatic heterocycles. The number of nitriles is 1. The Morgan fingerprint density at radius 1 is 1.15 bits per heavy atom. The van der Waals surface area contributed by atoms with E-state index in [0.29, 0.717) is 11.3 Å². The first-order valence-corrected chi connectivity index (χ1v) is 5.84. The Bertz CT molecular complexity index is 705. The molecule has 0 bridgehead atoms. The van der Waals surface area contributed by atoms with E-state index in [1.807, 2.05) is 6.07 Å². The fourth-order valence-corrected chi connectivity index (χ4v) is 1.85. The van der Waals surface area contributed by atoms with E-state index in [-0.39, 0.29) is 11.3 Å². The molecule has 0 saturated heterocycles. The maximum atomic E-state index is 12.3. The largest absolute Gasteiger partial charge is 0.504 e. The van der Waals surface area contributed by atoms with E-state index in [1.165, 1.54) is 30.1 Å². The van der Waals surface area contributed by atoms with Gasteiger partial charge in [0, 0.05) is 7.05 Å². The third kappa shape index (κ3) is 2.27. The van der Waals surface area contributed by atoms with Crippen molar-refractivity contribution in [2.45, 2.75) is 0 Å². The van der Waals surface area contributed by atoms with E-state index in [2.05, 4.69) is 0 Å². The molecule has 100 valence electrons. The first kappa shape index (κ1) is 13.4. The first-order valence-electron chi connectivity index (χ1n) is 5.84. The van der Waals surface area contributed by atoms with Crippen molar-refractivity contribution in [3.05, 3.63) is 53.6 Å². The molecule has 0 fully saturated rings. The number of hydrogen-bond donors (Lipinski definition) is 2. The van der Waals surface area contributed by atoms with Gasteiger partial charge in [0.05, 0.1) is 16.8 Å². The molecule has 0 saturated carbocycles. The van der Waals surface area contributed by atoms with Crippen LogP contribution in [-0.2, 0) is 0 Å². The number of para-hydroxylation sites is 2. The average molecular weight is 268 g/mol. The summed E-state index contributed by atoms with van der Waals surface area (Å²) in [5.74, 6) is -1.35. The summed E-state index contributed by atoms with van der Waals surface area (Å²) in [6.07, 6.45) is 0. The summed E-state index contributed by atoms with van der Waals surface area (Å²) in [4.78, 5) is 13.6. The van der Waals surface area contributed by atoms with E-state index < -0.39 is 11.7 Å². The minimum absolute atomic E-state index is 0.0276. The zero-order valence-electron chi connectivity index (χ0n) is 10.7. The van der Waals surface area contributed by atoms with Crippen molar-refractivity contribution in [3.8, 4) is 17.6 Å². The van der Waals surface area contributed by atoms with Crippen LogP contribution < -0.4 is 4.90 Å². The van der Waals surface area contributed by atoms with Gasteiger partial charge in [-0.1, -0.05) is 18.2 Å². The lowest BCUT2D eigenvalue weighted by Gasteiger charge is -2.19. The molecule has 0 atom stereocenters. The number of rotatable bonds is 2. The van der Waals surface area contributed by atoms with Crippen LogP contribution in [0.5, 0.6) is 11.5 Å². The molecule has 0 spiro atoms. The molecule has 0 aliphatic rings. The van der Waals surface area contributed by atoms with Gasteiger partial charge in [-0.15, -0.1) is 0 Å². The fraction of sp³-hybridized carbons (Fsp3) is 0.0667. The zero-order valence-corrected chi connectivity index (χ0v) is 10.7. The lowest BCUT2D eigenvalue weighted by atomic mass is 10.1. The molecule has 20 heavy (non-hydrogen) atoms. The Balaban J connectivity index is 2.44. The Kier molecular flexibility index (Phi) is 3.58. The predicted molar refractivity (Wildman–Crippen MR) is 73.7 cm³/mol. The van der Waals surface area contributed by atoms with Gasteiger partial charge in [0.15, 0.2) is 11.5 Å². The number of benzene rings is 2. The van der Waals surface area contributed by atoms with Gasteiger partial charge in [0.2, 0.25) is 0 Å². The summed E-state index contributed by atoms with van der Waals surface area (Å²) in [7, 11) is 1.50. The van der Waals surface area contributed by atoms with E-state index in [1.54, 1.807) is 24.3 Å². The minimum atomic E-state index is -0.513. The molecule has 2 rings (SSSR count). The number of hydrogen-bond acceptors (Lipinski definition) is 4. The molecule has 0 aliphatic heterocycles. The number of nitrogens with zero attached hydrogens (tertiary/aromatic N) is 2. The fourth-order valence-electron chi connectivity index (χ4n) is 1.85. The summed E-state index contributed by atoms with van der Waals surface area (Å²) in [5, 5.41) is 28.2. The van der Waals surface area contributed by atoms with Crippen LogP contribution in [0.2, 0.25) is 0 Å². The van der Waals surface area contributed by atoms with Crippen molar-refractivity contribution in [2.75, 3.05) is 11.9 Å². The van der Waals surface area contributed by atoms with Gasteiger partial charge in [-0.25, -0.2) is 0 Å². The molecule has 0 radical (unpaired) electrons. The third-order valence-electron chi connectivity index (χ3n) is 2.94. The standard InChI is InChI=1S/C15H12N2O3/c1-17(12-7-3-2-5-10(12)9-16)15(20)11-6-4-8-13(18)14(11)19/h2-8,18-19H,1H3. The molecule has 5 heteroatoms. The normalized spacial score (nSPS) is 9.80. The second kappa shape index (κ2) is 5.33. The van der Waals surface area contributed by atoms with Gasteiger partial charge in [-0.3, -0.25) is 4.79 Å². The van der Waals surface area contributed by atoms with Crippen LogP contribution in [0, 0.1) is 11.3 Å². The van der Waals surface area contributed by atoms with Crippen molar-refractivity contribution in [3.63, 3.8) is 0 Å². The molecule has 2 aromatic rings. The van der Waals surface area contributed by atoms with Gasteiger partial charge in [-0.2, -0.15) is 5.26 Å². The lowest BCUT2D eigenvalue weighted by molar-refractivity contribution is 0.0989. The topological polar surface area (TPSA) is 84.6 Å². The van der Waals surface area contributed by atoms with Crippen LogP contribution >= 0.6 is 0 Å². The molecule has 0 aliphatic carbocycles. The maximum absolute atomic E-state index is 12.3. The van der Waals surface area contributed by atoms with Crippen LogP contribution in [-0.4, -0.2) is 23.2 Å². The summed E-state index contributed by atoms with van der Waals surface area (Å²) in [6, 6.07) is 12.8. The van der Waals surface area contributed by atoms with Crippen molar-refractivity contribution in [1.82, 2.24) is 0 Å². The minimum Gasteiger partial charge on any atom is -0.504 e. The molecule has 1 amide bonds. The number of carbonyl (C=O) groups is 1. The van der Waals surface area contributed by atoms with E-state index >= 15 is 0 Å². The van der Waals surface area contributed by atoms with Gasteiger partial charge >= 0.3 is 0 Å². The molecule has 0 unspecified atom stereocenters. The van der Waals surface area contributed by atoms with Crippen molar-refractivity contribution >= 4 is 11.6 Å². The predicted octanol–water partition coefficient (Wildman–Crippen LogP) is 2.25. The Morgan fingerprint density at radius 2 is 1.85 bits per heavy atom. The summed E-state index contributed by atoms with van der Waals surface area (Å²) >= 11 is 0. The van der Waals surface area contributed by atoms with Crippen LogP contribution in [0.3, 0.4) is 0 Å². The highest BCUT2D eigenvalue weighted by Gasteiger charge is 2.20. The second-order valence-electron chi connectivity index (χ2n) is 4.17. The summed E-state index contributed by atoms with van der Waals surface area (Å²) < 4.78 is 0. The molecule has 2 N–H and O–H groups in total. The third-order valence-corrected chi connectivity index (χ3v) is 2.94. The highest BCUT2D eigenvalue weighted by molar-refractivity contribution is 6.08. The monoisotopic (exact) mass is 268 g/mol. The Labute approximate surface area is 115 Å². The zero-order chi connectivity index (χ0) is 14.7. The molecule has 5 nitrogen and oxygen atoms in total.